The standard InChI is InChI=1S/C21H16N4O4/c1-11-4-2-5-12(8-11)19(27)23-13-6-3-7-14(9-13)25-16(26)10-15-17(18(25)22)21(29)24-20(15)28/h2-10H,22H2,1H3,(H,23,27)(H,24,28,29). The number of hydrogen-bond donors (Lipinski definition) is 3. The molecule has 0 fully saturated rings. The minimum absolute atomic E-state index is 0.0381. The van der Waals surface area contributed by atoms with Gasteiger partial charge in [0.15, 0.2) is 0 Å². The van der Waals surface area contributed by atoms with Crippen molar-refractivity contribution < 1.29 is 14.4 Å². The number of imide groups is 1. The summed E-state index contributed by atoms with van der Waals surface area (Å²) in [6.07, 6.45) is 0. The fourth-order valence-corrected chi connectivity index (χ4v) is 3.26. The van der Waals surface area contributed by atoms with Gasteiger partial charge in [-0.1, -0.05) is 23.8 Å². The summed E-state index contributed by atoms with van der Waals surface area (Å²) < 4.78 is 1.12. The van der Waals surface area contributed by atoms with Crippen LogP contribution in [0.5, 0.6) is 0 Å². The molecule has 144 valence electrons. The third-order valence-electron chi connectivity index (χ3n) is 4.60. The van der Waals surface area contributed by atoms with Crippen LogP contribution in [0.2, 0.25) is 0 Å². The molecule has 4 N–H and O–H groups in total. The number of carbonyl (C=O) groups is 3. The molecule has 0 unspecified atom stereocenters. The Morgan fingerprint density at radius 3 is 2.52 bits per heavy atom. The van der Waals surface area contributed by atoms with Crippen molar-refractivity contribution in [1.29, 1.82) is 0 Å². The molecule has 0 atom stereocenters. The van der Waals surface area contributed by atoms with Crippen LogP contribution < -0.4 is 21.9 Å². The first-order valence-corrected chi connectivity index (χ1v) is 8.75. The number of aromatic nitrogens is 1. The third kappa shape index (κ3) is 3.16. The predicted molar refractivity (Wildman–Crippen MR) is 107 cm³/mol. The van der Waals surface area contributed by atoms with E-state index in [1.54, 1.807) is 42.5 Å². The van der Waals surface area contributed by atoms with Crippen LogP contribution in [0.3, 0.4) is 0 Å². The minimum atomic E-state index is -0.653. The van der Waals surface area contributed by atoms with E-state index in [1.165, 1.54) is 0 Å². The fourth-order valence-electron chi connectivity index (χ4n) is 3.26. The zero-order valence-electron chi connectivity index (χ0n) is 15.4. The highest BCUT2D eigenvalue weighted by atomic mass is 16.2. The Morgan fingerprint density at radius 1 is 1.00 bits per heavy atom. The first-order valence-electron chi connectivity index (χ1n) is 8.75. The molecule has 29 heavy (non-hydrogen) atoms. The van der Waals surface area contributed by atoms with E-state index in [1.807, 2.05) is 13.0 Å². The van der Waals surface area contributed by atoms with Gasteiger partial charge in [-0.2, -0.15) is 0 Å². The molecule has 0 saturated heterocycles. The number of carbonyl (C=O) groups excluding carboxylic acids is 3. The van der Waals surface area contributed by atoms with Crippen molar-refractivity contribution >= 4 is 29.2 Å². The van der Waals surface area contributed by atoms with Gasteiger partial charge in [-0.3, -0.25) is 29.1 Å². The normalized spacial score (nSPS) is 12.4. The number of hydrogen-bond acceptors (Lipinski definition) is 5. The second-order valence-corrected chi connectivity index (χ2v) is 6.65. The van der Waals surface area contributed by atoms with Crippen molar-refractivity contribution in [2.24, 2.45) is 0 Å². The number of nitrogens with two attached hydrogens (primary N) is 1. The molecule has 0 aliphatic carbocycles. The molecular weight excluding hydrogens is 372 g/mol. The molecule has 0 saturated carbocycles. The molecular formula is C21H16N4O4. The molecule has 2 heterocycles. The van der Waals surface area contributed by atoms with E-state index in [4.69, 9.17) is 5.73 Å². The highest BCUT2D eigenvalue weighted by Gasteiger charge is 2.31. The lowest BCUT2D eigenvalue weighted by Crippen LogP contribution is -2.24. The summed E-state index contributed by atoms with van der Waals surface area (Å²) in [6, 6.07) is 14.7. The van der Waals surface area contributed by atoms with E-state index >= 15 is 0 Å². The molecule has 0 radical (unpaired) electrons. The fraction of sp³-hybridized carbons (Fsp3) is 0.0476. The van der Waals surface area contributed by atoms with Gasteiger partial charge in [-0.25, -0.2) is 0 Å². The Bertz CT molecular complexity index is 1260. The van der Waals surface area contributed by atoms with E-state index in [0.29, 0.717) is 16.9 Å². The molecule has 0 spiro atoms. The average molecular weight is 388 g/mol. The Morgan fingerprint density at radius 2 is 1.76 bits per heavy atom. The van der Waals surface area contributed by atoms with Crippen LogP contribution in [0, 0.1) is 6.92 Å². The predicted octanol–water partition coefficient (Wildman–Crippen LogP) is 1.86. The van der Waals surface area contributed by atoms with E-state index in [9.17, 15) is 19.2 Å². The SMILES string of the molecule is Cc1cccc(C(=O)Nc2cccc(-n3c(N)c4c(cc3=O)C(=O)NC4=O)c2)c1. The van der Waals surface area contributed by atoms with Crippen LogP contribution in [-0.2, 0) is 0 Å². The van der Waals surface area contributed by atoms with Crippen LogP contribution in [0.1, 0.15) is 36.6 Å². The van der Waals surface area contributed by atoms with Crippen LogP contribution >= 0.6 is 0 Å². The number of anilines is 2. The summed E-state index contributed by atoms with van der Waals surface area (Å²) in [5.41, 5.74) is 7.65. The van der Waals surface area contributed by atoms with Crippen molar-refractivity contribution in [3.63, 3.8) is 0 Å². The van der Waals surface area contributed by atoms with Crippen LogP contribution in [-0.4, -0.2) is 22.3 Å². The lowest BCUT2D eigenvalue weighted by Gasteiger charge is -2.13. The number of nitrogen functional groups attached to an aromatic ring is 1. The summed E-state index contributed by atoms with van der Waals surface area (Å²) in [5, 5.41) is 4.90. The van der Waals surface area contributed by atoms with Gasteiger partial charge in [-0.05, 0) is 37.3 Å². The zero-order valence-corrected chi connectivity index (χ0v) is 15.4. The lowest BCUT2D eigenvalue weighted by molar-refractivity contribution is 0.0879. The van der Waals surface area contributed by atoms with Crippen LogP contribution in [0.15, 0.2) is 59.4 Å². The van der Waals surface area contributed by atoms with Crippen LogP contribution in [0.4, 0.5) is 11.5 Å². The Labute approximate surface area is 165 Å². The molecule has 1 aliphatic rings. The van der Waals surface area contributed by atoms with Gasteiger partial charge < -0.3 is 11.1 Å². The average Bonchev–Trinajstić information content (AvgIpc) is 2.95. The highest BCUT2D eigenvalue weighted by molar-refractivity contribution is 6.23. The summed E-state index contributed by atoms with van der Waals surface area (Å²) in [4.78, 5) is 48.8. The number of nitrogens with one attached hydrogen (secondary N) is 2. The molecule has 2 aromatic carbocycles. The van der Waals surface area contributed by atoms with Gasteiger partial charge in [0, 0.05) is 17.3 Å². The summed E-state index contributed by atoms with van der Waals surface area (Å²) in [7, 11) is 0. The second-order valence-electron chi connectivity index (χ2n) is 6.65. The van der Waals surface area contributed by atoms with Crippen molar-refractivity contribution in [3.05, 3.63) is 87.2 Å². The molecule has 3 aromatic rings. The molecule has 0 bridgehead atoms. The molecule has 1 aliphatic heterocycles. The van der Waals surface area contributed by atoms with E-state index < -0.39 is 17.4 Å². The van der Waals surface area contributed by atoms with Crippen molar-refractivity contribution in [2.45, 2.75) is 6.92 Å². The van der Waals surface area contributed by atoms with E-state index in [2.05, 4.69) is 10.6 Å². The number of fused-ring (bicyclic) bond motifs is 1. The van der Waals surface area contributed by atoms with Gasteiger partial charge in [0.05, 0.1) is 16.8 Å². The lowest BCUT2D eigenvalue weighted by atomic mass is 10.1. The highest BCUT2D eigenvalue weighted by Crippen LogP contribution is 2.24. The second kappa shape index (κ2) is 6.75. The summed E-state index contributed by atoms with van der Waals surface area (Å²) in [6.45, 7) is 1.89. The van der Waals surface area contributed by atoms with E-state index in [-0.39, 0.29) is 22.9 Å². The first kappa shape index (κ1) is 18.2. The maximum atomic E-state index is 12.5. The molecule has 3 amide bonds. The third-order valence-corrected chi connectivity index (χ3v) is 4.60. The van der Waals surface area contributed by atoms with E-state index in [0.717, 1.165) is 16.2 Å². The van der Waals surface area contributed by atoms with Crippen molar-refractivity contribution in [1.82, 2.24) is 9.88 Å². The maximum Gasteiger partial charge on any atom is 0.262 e. The molecule has 4 rings (SSSR count). The number of nitrogens with zero attached hydrogens (tertiary/aromatic N) is 1. The molecule has 1 aromatic heterocycles. The van der Waals surface area contributed by atoms with Crippen molar-refractivity contribution in [2.75, 3.05) is 11.1 Å². The topological polar surface area (TPSA) is 123 Å². The maximum absolute atomic E-state index is 12.5. The quantitative estimate of drug-likeness (QED) is 0.591. The molecule has 8 heteroatoms. The number of aryl methyl sites for hydroxylation is 1. The van der Waals surface area contributed by atoms with Crippen molar-refractivity contribution in [3.8, 4) is 5.69 Å². The smallest absolute Gasteiger partial charge is 0.262 e. The van der Waals surface area contributed by atoms with Gasteiger partial charge in [0.25, 0.3) is 23.3 Å². The number of benzene rings is 2. The van der Waals surface area contributed by atoms with Crippen LogP contribution in [0.25, 0.3) is 5.69 Å². The molecule has 8 nitrogen and oxygen atoms in total. The zero-order chi connectivity index (χ0) is 20.7. The first-order chi connectivity index (χ1) is 13.8. The Kier molecular flexibility index (Phi) is 4.23. The Hall–Kier alpha value is -4.20. The Balaban J connectivity index is 1.73. The summed E-state index contributed by atoms with van der Waals surface area (Å²) in [5.74, 6) is -1.75. The van der Waals surface area contributed by atoms with Gasteiger partial charge in [0.2, 0.25) is 0 Å². The van der Waals surface area contributed by atoms with Gasteiger partial charge in [0.1, 0.15) is 5.82 Å². The number of pyridine rings is 1. The monoisotopic (exact) mass is 388 g/mol. The van der Waals surface area contributed by atoms with Gasteiger partial charge >= 0.3 is 0 Å². The number of amides is 3. The minimum Gasteiger partial charge on any atom is -0.384 e. The van der Waals surface area contributed by atoms with Gasteiger partial charge in [-0.15, -0.1) is 0 Å². The number of rotatable bonds is 3. The largest absolute Gasteiger partial charge is 0.384 e. The summed E-state index contributed by atoms with van der Waals surface area (Å²) >= 11 is 0.